The zero-order valence-electron chi connectivity index (χ0n) is 16.9. The molecule has 0 fully saturated rings. The molecule has 1 amide bonds. The number of benzene rings is 2. The van der Waals surface area contributed by atoms with Crippen molar-refractivity contribution in [2.75, 3.05) is 10.6 Å². The van der Waals surface area contributed by atoms with Crippen LogP contribution in [0.2, 0.25) is 5.02 Å². The van der Waals surface area contributed by atoms with E-state index >= 15 is 0 Å². The van der Waals surface area contributed by atoms with E-state index in [0.717, 1.165) is 39.2 Å². The summed E-state index contributed by atoms with van der Waals surface area (Å²) in [7, 11) is 0. The van der Waals surface area contributed by atoms with Crippen molar-refractivity contribution >= 4 is 28.9 Å². The molecule has 0 aliphatic heterocycles. The van der Waals surface area contributed by atoms with Crippen LogP contribution in [0.15, 0.2) is 47.4 Å². The van der Waals surface area contributed by atoms with Gasteiger partial charge in [-0.3, -0.25) is 9.59 Å². The normalized spacial score (nSPS) is 10.7. The fraction of sp³-hybridized carbons (Fsp3) is 0.217. The van der Waals surface area contributed by atoms with Crippen LogP contribution < -0.4 is 16.2 Å². The third-order valence-electron chi connectivity index (χ3n) is 4.89. The van der Waals surface area contributed by atoms with Crippen LogP contribution in [-0.4, -0.2) is 10.9 Å². The first-order chi connectivity index (χ1) is 13.8. The SMILES string of the molecule is CC(=O)Nc1c(C)cc(C)c(NCc2cc(-c3ccc(Cl)cc3)c[nH]c2=O)c1C. The second-order valence-electron chi connectivity index (χ2n) is 7.17. The van der Waals surface area contributed by atoms with E-state index < -0.39 is 0 Å². The fourth-order valence-corrected chi connectivity index (χ4v) is 3.61. The highest BCUT2D eigenvalue weighted by molar-refractivity contribution is 6.30. The lowest BCUT2D eigenvalue weighted by atomic mass is 10.0. The highest BCUT2D eigenvalue weighted by Crippen LogP contribution is 2.31. The van der Waals surface area contributed by atoms with Crippen molar-refractivity contribution in [1.29, 1.82) is 0 Å². The number of aryl methyl sites for hydroxylation is 2. The lowest BCUT2D eigenvalue weighted by molar-refractivity contribution is -0.114. The van der Waals surface area contributed by atoms with Gasteiger partial charge in [0, 0.05) is 41.6 Å². The van der Waals surface area contributed by atoms with Gasteiger partial charge in [-0.1, -0.05) is 29.8 Å². The zero-order chi connectivity index (χ0) is 21.1. The molecule has 1 aromatic heterocycles. The largest absolute Gasteiger partial charge is 0.380 e. The maximum atomic E-state index is 12.3. The monoisotopic (exact) mass is 409 g/mol. The van der Waals surface area contributed by atoms with Gasteiger partial charge in [0.25, 0.3) is 5.56 Å². The van der Waals surface area contributed by atoms with E-state index in [9.17, 15) is 9.59 Å². The number of rotatable bonds is 5. The summed E-state index contributed by atoms with van der Waals surface area (Å²) in [6.45, 7) is 7.79. The minimum Gasteiger partial charge on any atom is -0.380 e. The van der Waals surface area contributed by atoms with Crippen molar-refractivity contribution in [3.63, 3.8) is 0 Å². The van der Waals surface area contributed by atoms with E-state index in [2.05, 4.69) is 15.6 Å². The predicted octanol–water partition coefficient (Wildman–Crippen LogP) is 5.19. The number of aromatic amines is 1. The summed E-state index contributed by atoms with van der Waals surface area (Å²) in [6.07, 6.45) is 1.70. The molecule has 0 spiro atoms. The standard InChI is InChI=1S/C23H24ClN3O2/c1-13-9-14(2)22(27-16(4)28)15(3)21(13)25-12-19-10-18(11-26-23(19)29)17-5-7-20(24)8-6-17/h5-11,25H,12H2,1-4H3,(H,26,29)(H,27,28). The van der Waals surface area contributed by atoms with E-state index in [1.807, 2.05) is 57.2 Å². The summed E-state index contributed by atoms with van der Waals surface area (Å²) >= 11 is 5.96. The summed E-state index contributed by atoms with van der Waals surface area (Å²) in [5, 5.41) is 6.94. The van der Waals surface area contributed by atoms with Gasteiger partial charge in [0.2, 0.25) is 5.91 Å². The molecule has 0 aliphatic rings. The number of hydrogen-bond acceptors (Lipinski definition) is 3. The van der Waals surface area contributed by atoms with Crippen molar-refractivity contribution in [3.8, 4) is 11.1 Å². The number of halogens is 1. The van der Waals surface area contributed by atoms with Crippen molar-refractivity contribution in [1.82, 2.24) is 4.98 Å². The van der Waals surface area contributed by atoms with Crippen LogP contribution in [0.3, 0.4) is 0 Å². The molecule has 2 aromatic carbocycles. The molecular formula is C23H24ClN3O2. The summed E-state index contributed by atoms with van der Waals surface area (Å²) in [6, 6.07) is 11.4. The van der Waals surface area contributed by atoms with E-state index in [0.29, 0.717) is 17.1 Å². The molecule has 0 unspecified atom stereocenters. The van der Waals surface area contributed by atoms with Gasteiger partial charge in [0.1, 0.15) is 0 Å². The Balaban J connectivity index is 1.90. The van der Waals surface area contributed by atoms with Crippen molar-refractivity contribution in [3.05, 3.63) is 80.2 Å². The molecular weight excluding hydrogens is 386 g/mol. The second kappa shape index (κ2) is 8.53. The van der Waals surface area contributed by atoms with Gasteiger partial charge in [-0.05, 0) is 66.8 Å². The van der Waals surface area contributed by atoms with E-state index in [4.69, 9.17) is 11.6 Å². The number of anilines is 2. The topological polar surface area (TPSA) is 74.0 Å². The third-order valence-corrected chi connectivity index (χ3v) is 5.14. The lowest BCUT2D eigenvalue weighted by Crippen LogP contribution is -2.17. The molecule has 3 N–H and O–H groups in total. The molecule has 0 atom stereocenters. The molecule has 1 heterocycles. The molecule has 29 heavy (non-hydrogen) atoms. The molecule has 3 rings (SSSR count). The quantitative estimate of drug-likeness (QED) is 0.542. The fourth-order valence-electron chi connectivity index (χ4n) is 3.48. The minimum absolute atomic E-state index is 0.113. The predicted molar refractivity (Wildman–Crippen MR) is 120 cm³/mol. The summed E-state index contributed by atoms with van der Waals surface area (Å²) in [5.41, 5.74) is 7.09. The first-order valence-electron chi connectivity index (χ1n) is 9.36. The Morgan fingerprint density at radius 3 is 2.31 bits per heavy atom. The Morgan fingerprint density at radius 2 is 1.66 bits per heavy atom. The number of amides is 1. The van der Waals surface area contributed by atoms with Crippen LogP contribution in [0.1, 0.15) is 29.2 Å². The lowest BCUT2D eigenvalue weighted by Gasteiger charge is -2.19. The highest BCUT2D eigenvalue weighted by Gasteiger charge is 2.13. The Kier molecular flexibility index (Phi) is 6.09. The van der Waals surface area contributed by atoms with Crippen molar-refractivity contribution < 1.29 is 4.79 Å². The number of aromatic nitrogens is 1. The number of H-pyrrole nitrogens is 1. The highest BCUT2D eigenvalue weighted by atomic mass is 35.5. The molecule has 0 saturated heterocycles. The maximum absolute atomic E-state index is 12.3. The molecule has 0 radical (unpaired) electrons. The van der Waals surface area contributed by atoms with Gasteiger partial charge in [0.15, 0.2) is 0 Å². The molecule has 150 valence electrons. The number of nitrogens with one attached hydrogen (secondary N) is 3. The van der Waals surface area contributed by atoms with Gasteiger partial charge in [-0.15, -0.1) is 0 Å². The van der Waals surface area contributed by atoms with Crippen LogP contribution in [-0.2, 0) is 11.3 Å². The first kappa shape index (κ1) is 20.7. The molecule has 3 aromatic rings. The Morgan fingerprint density at radius 1 is 1.00 bits per heavy atom. The van der Waals surface area contributed by atoms with Crippen LogP contribution in [0, 0.1) is 20.8 Å². The number of hydrogen-bond donors (Lipinski definition) is 3. The number of carbonyl (C=O) groups is 1. The number of pyridine rings is 1. The van der Waals surface area contributed by atoms with Gasteiger partial charge in [0.05, 0.1) is 0 Å². The van der Waals surface area contributed by atoms with Crippen LogP contribution >= 0.6 is 11.6 Å². The van der Waals surface area contributed by atoms with Gasteiger partial charge in [-0.2, -0.15) is 0 Å². The molecule has 0 bridgehead atoms. The Labute approximate surface area is 175 Å². The molecule has 0 aliphatic carbocycles. The average molecular weight is 410 g/mol. The Hall–Kier alpha value is -3.05. The molecule has 6 heteroatoms. The average Bonchev–Trinajstić information content (AvgIpc) is 2.67. The maximum Gasteiger partial charge on any atom is 0.252 e. The van der Waals surface area contributed by atoms with E-state index in [-0.39, 0.29) is 11.5 Å². The zero-order valence-corrected chi connectivity index (χ0v) is 17.7. The second-order valence-corrected chi connectivity index (χ2v) is 7.61. The first-order valence-corrected chi connectivity index (χ1v) is 9.74. The van der Waals surface area contributed by atoms with Crippen LogP contribution in [0.25, 0.3) is 11.1 Å². The van der Waals surface area contributed by atoms with Crippen molar-refractivity contribution in [2.24, 2.45) is 0 Å². The molecule has 5 nitrogen and oxygen atoms in total. The smallest absolute Gasteiger partial charge is 0.252 e. The summed E-state index contributed by atoms with van der Waals surface area (Å²) in [5.74, 6) is -0.113. The molecule has 0 saturated carbocycles. The van der Waals surface area contributed by atoms with Gasteiger partial charge >= 0.3 is 0 Å². The van der Waals surface area contributed by atoms with Crippen LogP contribution in [0.4, 0.5) is 11.4 Å². The Bertz CT molecular complexity index is 1120. The van der Waals surface area contributed by atoms with E-state index in [1.165, 1.54) is 6.92 Å². The van der Waals surface area contributed by atoms with E-state index in [1.54, 1.807) is 6.20 Å². The minimum atomic E-state index is -0.139. The van der Waals surface area contributed by atoms with Gasteiger partial charge in [-0.25, -0.2) is 0 Å². The van der Waals surface area contributed by atoms with Crippen molar-refractivity contribution in [2.45, 2.75) is 34.2 Å². The summed E-state index contributed by atoms with van der Waals surface area (Å²) < 4.78 is 0. The van der Waals surface area contributed by atoms with Gasteiger partial charge < -0.3 is 15.6 Å². The third kappa shape index (κ3) is 4.69. The summed E-state index contributed by atoms with van der Waals surface area (Å²) in [4.78, 5) is 26.7. The number of carbonyl (C=O) groups excluding carboxylic acids is 1. The van der Waals surface area contributed by atoms with Crippen LogP contribution in [0.5, 0.6) is 0 Å².